The van der Waals surface area contributed by atoms with Crippen molar-refractivity contribution in [2.45, 2.75) is 25.8 Å². The van der Waals surface area contributed by atoms with Gasteiger partial charge in [0, 0.05) is 7.47 Å². The average molecular weight is 192 g/mol. The molecular formula is C11H16N2O. The molecule has 0 saturated heterocycles. The SMILES string of the molecule is C=Cc1[nH]c(=O)n(C2CC2)c1C(=C)C.[HH]. The molecule has 3 nitrogen and oxygen atoms in total. The number of hydrogen-bond donors (Lipinski definition) is 1. The van der Waals surface area contributed by atoms with E-state index in [1.807, 2.05) is 6.92 Å². The van der Waals surface area contributed by atoms with Crippen molar-refractivity contribution < 1.29 is 1.43 Å². The second-order valence-corrected chi connectivity index (χ2v) is 3.78. The Bertz CT molecular complexity index is 452. The van der Waals surface area contributed by atoms with E-state index in [1.165, 1.54) is 0 Å². The fourth-order valence-corrected chi connectivity index (χ4v) is 1.73. The summed E-state index contributed by atoms with van der Waals surface area (Å²) in [4.78, 5) is 14.4. The van der Waals surface area contributed by atoms with Gasteiger partial charge in [-0.05, 0) is 31.4 Å². The summed E-state index contributed by atoms with van der Waals surface area (Å²) in [6.45, 7) is 9.49. The summed E-state index contributed by atoms with van der Waals surface area (Å²) in [5, 5.41) is 0. The number of allylic oxidation sites excluding steroid dienone is 1. The van der Waals surface area contributed by atoms with Gasteiger partial charge in [0.05, 0.1) is 11.4 Å². The van der Waals surface area contributed by atoms with Crippen molar-refractivity contribution in [3.63, 3.8) is 0 Å². The summed E-state index contributed by atoms with van der Waals surface area (Å²) in [6, 6.07) is 0.374. The van der Waals surface area contributed by atoms with E-state index in [-0.39, 0.29) is 7.12 Å². The van der Waals surface area contributed by atoms with Crippen LogP contribution < -0.4 is 5.69 Å². The molecule has 0 aliphatic heterocycles. The van der Waals surface area contributed by atoms with Crippen LogP contribution in [0.4, 0.5) is 0 Å². The normalized spacial score (nSPS) is 15.5. The largest absolute Gasteiger partial charge is 0.326 e. The minimum Gasteiger partial charge on any atom is -0.306 e. The second kappa shape index (κ2) is 3.01. The maximum atomic E-state index is 11.6. The van der Waals surface area contributed by atoms with Crippen LogP contribution in [0.3, 0.4) is 0 Å². The quantitative estimate of drug-likeness (QED) is 0.784. The van der Waals surface area contributed by atoms with Crippen LogP contribution in [-0.2, 0) is 0 Å². The van der Waals surface area contributed by atoms with Gasteiger partial charge in [-0.2, -0.15) is 0 Å². The van der Waals surface area contributed by atoms with Crippen LogP contribution in [-0.4, -0.2) is 9.55 Å². The summed E-state index contributed by atoms with van der Waals surface area (Å²) in [5.41, 5.74) is 2.56. The number of H-pyrrole nitrogens is 1. The van der Waals surface area contributed by atoms with E-state index in [9.17, 15) is 4.79 Å². The molecule has 1 aliphatic rings. The topological polar surface area (TPSA) is 37.8 Å². The highest BCUT2D eigenvalue weighted by atomic mass is 16.1. The predicted molar refractivity (Wildman–Crippen MR) is 60.2 cm³/mol. The zero-order chi connectivity index (χ0) is 10.3. The van der Waals surface area contributed by atoms with Gasteiger partial charge in [0.2, 0.25) is 0 Å². The van der Waals surface area contributed by atoms with Gasteiger partial charge in [0.1, 0.15) is 0 Å². The van der Waals surface area contributed by atoms with E-state index in [2.05, 4.69) is 18.1 Å². The highest BCUT2D eigenvalue weighted by Crippen LogP contribution is 2.36. The molecule has 0 bridgehead atoms. The van der Waals surface area contributed by atoms with Gasteiger partial charge in [0.15, 0.2) is 0 Å². The molecule has 0 spiro atoms. The van der Waals surface area contributed by atoms with E-state index < -0.39 is 0 Å². The number of aromatic nitrogens is 2. The van der Waals surface area contributed by atoms with Crippen molar-refractivity contribution in [3.8, 4) is 0 Å². The number of nitrogens with one attached hydrogen (secondary N) is 1. The van der Waals surface area contributed by atoms with E-state index in [1.54, 1.807) is 10.6 Å². The van der Waals surface area contributed by atoms with Gasteiger partial charge < -0.3 is 4.98 Å². The highest BCUT2D eigenvalue weighted by molar-refractivity contribution is 5.67. The molecule has 3 heteroatoms. The molecule has 1 aliphatic carbocycles. The van der Waals surface area contributed by atoms with Crippen LogP contribution in [0.2, 0.25) is 0 Å². The molecule has 1 fully saturated rings. The van der Waals surface area contributed by atoms with Crippen LogP contribution in [0.15, 0.2) is 18.0 Å². The number of imidazole rings is 1. The minimum absolute atomic E-state index is 0. The molecule has 76 valence electrons. The first-order valence-electron chi connectivity index (χ1n) is 4.78. The van der Waals surface area contributed by atoms with Gasteiger partial charge in [-0.15, -0.1) is 0 Å². The Balaban J connectivity index is 0.00000112. The summed E-state index contributed by atoms with van der Waals surface area (Å²) >= 11 is 0. The predicted octanol–water partition coefficient (Wildman–Crippen LogP) is 2.43. The standard InChI is InChI=1S/C11H14N2O.H2/c1-4-9-10(7(2)3)13(8-5-6-8)11(14)12-9;/h4,8H,1-2,5-6H2,3H3,(H,12,14);1H. The van der Waals surface area contributed by atoms with Crippen LogP contribution >= 0.6 is 0 Å². The molecule has 14 heavy (non-hydrogen) atoms. The van der Waals surface area contributed by atoms with Gasteiger partial charge in [0.25, 0.3) is 0 Å². The highest BCUT2D eigenvalue weighted by Gasteiger charge is 2.28. The second-order valence-electron chi connectivity index (χ2n) is 3.78. The third kappa shape index (κ3) is 1.25. The molecule has 0 radical (unpaired) electrons. The molecular weight excluding hydrogens is 176 g/mol. The van der Waals surface area contributed by atoms with Crippen LogP contribution in [0.1, 0.15) is 38.6 Å². The zero-order valence-corrected chi connectivity index (χ0v) is 8.34. The molecule has 1 aromatic heterocycles. The summed E-state index contributed by atoms with van der Waals surface area (Å²) in [6.07, 6.45) is 3.85. The van der Waals surface area contributed by atoms with Crippen molar-refractivity contribution in [1.82, 2.24) is 9.55 Å². The first-order valence-corrected chi connectivity index (χ1v) is 4.78. The fraction of sp³-hybridized carbons (Fsp3) is 0.364. The van der Waals surface area contributed by atoms with Crippen LogP contribution in [0, 0.1) is 0 Å². The molecule has 0 amide bonds. The lowest BCUT2D eigenvalue weighted by Crippen LogP contribution is -2.16. The monoisotopic (exact) mass is 192 g/mol. The maximum Gasteiger partial charge on any atom is 0.326 e. The summed E-state index contributed by atoms with van der Waals surface area (Å²) in [5.74, 6) is 0. The van der Waals surface area contributed by atoms with Gasteiger partial charge in [-0.25, -0.2) is 4.79 Å². The Hall–Kier alpha value is -1.51. The van der Waals surface area contributed by atoms with Crippen molar-refractivity contribution >= 4 is 11.6 Å². The summed E-state index contributed by atoms with van der Waals surface area (Å²) < 4.78 is 1.80. The Kier molecular flexibility index (Phi) is 1.95. The van der Waals surface area contributed by atoms with Crippen LogP contribution in [0.5, 0.6) is 0 Å². The molecule has 1 N–H and O–H groups in total. The Labute approximate surface area is 84.3 Å². The number of rotatable bonds is 3. The van der Waals surface area contributed by atoms with Gasteiger partial charge in [-0.3, -0.25) is 4.57 Å². The molecule has 0 unspecified atom stereocenters. The van der Waals surface area contributed by atoms with Crippen molar-refractivity contribution in [2.75, 3.05) is 0 Å². The smallest absolute Gasteiger partial charge is 0.306 e. The molecule has 1 saturated carbocycles. The molecule has 0 aromatic carbocycles. The Morgan fingerprint density at radius 1 is 1.71 bits per heavy atom. The molecule has 2 rings (SSSR count). The number of nitrogens with zero attached hydrogens (tertiary/aromatic N) is 1. The van der Waals surface area contributed by atoms with Crippen molar-refractivity contribution in [1.29, 1.82) is 0 Å². The maximum absolute atomic E-state index is 11.6. The zero-order valence-electron chi connectivity index (χ0n) is 8.34. The third-order valence-electron chi connectivity index (χ3n) is 2.48. The van der Waals surface area contributed by atoms with Gasteiger partial charge >= 0.3 is 5.69 Å². The lowest BCUT2D eigenvalue weighted by atomic mass is 10.2. The lowest BCUT2D eigenvalue weighted by molar-refractivity contribution is 0.701. The fourth-order valence-electron chi connectivity index (χ4n) is 1.73. The Morgan fingerprint density at radius 3 is 2.79 bits per heavy atom. The van der Waals surface area contributed by atoms with Gasteiger partial charge in [-0.1, -0.05) is 13.2 Å². The first kappa shape index (κ1) is 9.06. The molecule has 1 aromatic rings. The summed E-state index contributed by atoms with van der Waals surface area (Å²) in [7, 11) is 0. The van der Waals surface area contributed by atoms with Crippen LogP contribution in [0.25, 0.3) is 11.6 Å². The Morgan fingerprint density at radius 2 is 2.36 bits per heavy atom. The average Bonchev–Trinajstić information content (AvgIpc) is 2.89. The van der Waals surface area contributed by atoms with E-state index >= 15 is 0 Å². The molecule has 0 atom stereocenters. The first-order chi connectivity index (χ1) is 6.65. The molecule has 1 heterocycles. The minimum atomic E-state index is -0.0413. The van der Waals surface area contributed by atoms with E-state index in [0.717, 1.165) is 29.8 Å². The van der Waals surface area contributed by atoms with Crippen molar-refractivity contribution in [3.05, 3.63) is 35.0 Å². The van der Waals surface area contributed by atoms with Crippen molar-refractivity contribution in [2.24, 2.45) is 0 Å². The lowest BCUT2D eigenvalue weighted by Gasteiger charge is -2.05. The number of aromatic amines is 1. The van der Waals surface area contributed by atoms with E-state index in [4.69, 9.17) is 0 Å². The van der Waals surface area contributed by atoms with E-state index in [0.29, 0.717) is 6.04 Å². The number of hydrogen-bond acceptors (Lipinski definition) is 1. The third-order valence-corrected chi connectivity index (χ3v) is 2.48.